The Morgan fingerprint density at radius 2 is 1.83 bits per heavy atom. The van der Waals surface area contributed by atoms with Crippen molar-refractivity contribution in [3.63, 3.8) is 0 Å². The van der Waals surface area contributed by atoms with E-state index in [1.165, 1.54) is 7.11 Å². The van der Waals surface area contributed by atoms with Crippen molar-refractivity contribution in [2.24, 2.45) is 5.92 Å². The Balaban J connectivity index is 2.47. The van der Waals surface area contributed by atoms with Crippen LogP contribution in [0.15, 0.2) is 0 Å². The molecule has 0 N–H and O–H groups in total. The standard InChI is InChI=1S/C9H16F2O/c1-7(2)4-8(12-3)5-9(10,11)6-8/h7H,4-6H2,1-3H3. The zero-order chi connectivity index (χ0) is 9.41. The molecule has 0 spiro atoms. The molecule has 1 rings (SSSR count). The molecular formula is C9H16F2O. The van der Waals surface area contributed by atoms with Crippen molar-refractivity contribution < 1.29 is 13.5 Å². The SMILES string of the molecule is COC1(CC(C)C)CC(F)(F)C1. The third-order valence-electron chi connectivity index (χ3n) is 2.37. The van der Waals surface area contributed by atoms with Crippen molar-refractivity contribution in [3.8, 4) is 0 Å². The van der Waals surface area contributed by atoms with Gasteiger partial charge in [-0.1, -0.05) is 13.8 Å². The fourth-order valence-corrected chi connectivity index (χ4v) is 2.01. The molecule has 0 aromatic rings. The molecule has 1 aliphatic carbocycles. The number of halogens is 2. The van der Waals surface area contributed by atoms with E-state index in [4.69, 9.17) is 4.74 Å². The second kappa shape index (κ2) is 2.95. The molecule has 0 atom stereocenters. The molecule has 72 valence electrons. The van der Waals surface area contributed by atoms with Crippen molar-refractivity contribution in [1.82, 2.24) is 0 Å². The molecule has 1 saturated carbocycles. The van der Waals surface area contributed by atoms with Gasteiger partial charge >= 0.3 is 0 Å². The first kappa shape index (κ1) is 9.90. The van der Waals surface area contributed by atoms with Crippen molar-refractivity contribution in [1.29, 1.82) is 0 Å². The quantitative estimate of drug-likeness (QED) is 0.645. The van der Waals surface area contributed by atoms with Crippen molar-refractivity contribution in [2.75, 3.05) is 7.11 Å². The predicted octanol–water partition coefficient (Wildman–Crippen LogP) is 2.85. The molecule has 12 heavy (non-hydrogen) atoms. The summed E-state index contributed by atoms with van der Waals surface area (Å²) in [7, 11) is 1.53. The summed E-state index contributed by atoms with van der Waals surface area (Å²) < 4.78 is 30.3. The number of methoxy groups -OCH3 is 1. The van der Waals surface area contributed by atoms with Gasteiger partial charge in [0.05, 0.1) is 5.60 Å². The Kier molecular flexibility index (Phi) is 2.43. The first-order chi connectivity index (χ1) is 5.39. The molecule has 1 fully saturated rings. The van der Waals surface area contributed by atoms with E-state index < -0.39 is 11.5 Å². The molecule has 0 aliphatic heterocycles. The average molecular weight is 178 g/mol. The van der Waals surface area contributed by atoms with Gasteiger partial charge in [-0.3, -0.25) is 0 Å². The number of hydrogen-bond donors (Lipinski definition) is 0. The van der Waals surface area contributed by atoms with Gasteiger partial charge in [-0.05, 0) is 12.3 Å². The molecule has 1 nitrogen and oxygen atoms in total. The zero-order valence-corrected chi connectivity index (χ0v) is 7.86. The minimum absolute atomic E-state index is 0.103. The molecule has 0 radical (unpaired) electrons. The Morgan fingerprint density at radius 3 is 2.08 bits per heavy atom. The molecule has 0 saturated heterocycles. The molecule has 0 aromatic carbocycles. The van der Waals surface area contributed by atoms with Crippen molar-refractivity contribution in [3.05, 3.63) is 0 Å². The van der Waals surface area contributed by atoms with Gasteiger partial charge in [0.15, 0.2) is 0 Å². The molecular weight excluding hydrogens is 162 g/mol. The fourth-order valence-electron chi connectivity index (χ4n) is 2.01. The summed E-state index contributed by atoms with van der Waals surface area (Å²) in [5.74, 6) is -2.06. The summed E-state index contributed by atoms with van der Waals surface area (Å²) in [4.78, 5) is 0. The molecule has 0 bridgehead atoms. The van der Waals surface area contributed by atoms with E-state index in [0.717, 1.165) is 6.42 Å². The zero-order valence-electron chi connectivity index (χ0n) is 7.86. The Labute approximate surface area is 72.1 Å². The van der Waals surface area contributed by atoms with Crippen molar-refractivity contribution >= 4 is 0 Å². The summed E-state index contributed by atoms with van der Waals surface area (Å²) in [6.07, 6.45) is 0.530. The van der Waals surface area contributed by atoms with Crippen LogP contribution in [0.2, 0.25) is 0 Å². The van der Waals surface area contributed by atoms with Gasteiger partial charge in [-0.15, -0.1) is 0 Å². The summed E-state index contributed by atoms with van der Waals surface area (Å²) in [5.41, 5.74) is -0.530. The molecule has 3 heteroatoms. The van der Waals surface area contributed by atoms with E-state index in [-0.39, 0.29) is 12.8 Å². The summed E-state index contributed by atoms with van der Waals surface area (Å²) in [6, 6.07) is 0. The van der Waals surface area contributed by atoms with Crippen LogP contribution in [0.25, 0.3) is 0 Å². The Morgan fingerprint density at radius 1 is 1.33 bits per heavy atom. The highest BCUT2D eigenvalue weighted by molar-refractivity contribution is 5.01. The highest BCUT2D eigenvalue weighted by Crippen LogP contribution is 2.50. The van der Waals surface area contributed by atoms with Crippen LogP contribution in [-0.4, -0.2) is 18.6 Å². The maximum atomic E-state index is 12.6. The summed E-state index contributed by atoms with van der Waals surface area (Å²) >= 11 is 0. The van der Waals surface area contributed by atoms with Crippen LogP contribution in [0.5, 0.6) is 0 Å². The Hall–Kier alpha value is -0.180. The fraction of sp³-hybridized carbons (Fsp3) is 1.00. The number of rotatable bonds is 3. The first-order valence-electron chi connectivity index (χ1n) is 4.32. The van der Waals surface area contributed by atoms with E-state index in [1.807, 2.05) is 13.8 Å². The average Bonchev–Trinajstić information content (AvgIpc) is 1.81. The van der Waals surface area contributed by atoms with Gasteiger partial charge in [0, 0.05) is 20.0 Å². The van der Waals surface area contributed by atoms with Crippen LogP contribution in [0.1, 0.15) is 33.1 Å². The second-order valence-electron chi connectivity index (χ2n) is 4.19. The second-order valence-corrected chi connectivity index (χ2v) is 4.19. The van der Waals surface area contributed by atoms with Crippen LogP contribution >= 0.6 is 0 Å². The number of alkyl halides is 2. The molecule has 0 heterocycles. The maximum Gasteiger partial charge on any atom is 0.253 e. The summed E-state index contributed by atoms with van der Waals surface area (Å²) in [6.45, 7) is 4.05. The van der Waals surface area contributed by atoms with Gasteiger partial charge in [-0.2, -0.15) is 0 Å². The van der Waals surface area contributed by atoms with E-state index in [9.17, 15) is 8.78 Å². The third-order valence-corrected chi connectivity index (χ3v) is 2.37. The lowest BCUT2D eigenvalue weighted by Crippen LogP contribution is -2.53. The van der Waals surface area contributed by atoms with E-state index in [0.29, 0.717) is 5.92 Å². The number of hydrogen-bond acceptors (Lipinski definition) is 1. The molecule has 1 aliphatic rings. The minimum Gasteiger partial charge on any atom is -0.378 e. The topological polar surface area (TPSA) is 9.23 Å². The lowest BCUT2D eigenvalue weighted by molar-refractivity contribution is -0.223. The number of ether oxygens (including phenoxy) is 1. The van der Waals surface area contributed by atoms with E-state index in [2.05, 4.69) is 0 Å². The smallest absolute Gasteiger partial charge is 0.253 e. The third kappa shape index (κ3) is 1.94. The normalized spacial score (nSPS) is 25.5. The monoisotopic (exact) mass is 178 g/mol. The first-order valence-corrected chi connectivity index (χ1v) is 4.32. The van der Waals surface area contributed by atoms with Crippen LogP contribution in [0.4, 0.5) is 8.78 Å². The molecule has 0 unspecified atom stereocenters. The van der Waals surface area contributed by atoms with Gasteiger partial charge in [0.1, 0.15) is 0 Å². The van der Waals surface area contributed by atoms with Gasteiger partial charge in [-0.25, -0.2) is 8.78 Å². The van der Waals surface area contributed by atoms with Gasteiger partial charge in [0.2, 0.25) is 0 Å². The van der Waals surface area contributed by atoms with Crippen LogP contribution in [-0.2, 0) is 4.74 Å². The van der Waals surface area contributed by atoms with Gasteiger partial charge in [0.25, 0.3) is 5.92 Å². The lowest BCUT2D eigenvalue weighted by atomic mass is 9.72. The van der Waals surface area contributed by atoms with Crippen LogP contribution in [0, 0.1) is 5.92 Å². The largest absolute Gasteiger partial charge is 0.378 e. The highest BCUT2D eigenvalue weighted by atomic mass is 19.3. The highest BCUT2D eigenvalue weighted by Gasteiger charge is 2.56. The molecule has 0 amide bonds. The predicted molar refractivity (Wildman–Crippen MR) is 43.4 cm³/mol. The van der Waals surface area contributed by atoms with Crippen LogP contribution in [0.3, 0.4) is 0 Å². The molecule has 0 aromatic heterocycles. The Bertz CT molecular complexity index is 152. The van der Waals surface area contributed by atoms with E-state index in [1.54, 1.807) is 0 Å². The maximum absolute atomic E-state index is 12.6. The lowest BCUT2D eigenvalue weighted by Gasteiger charge is -2.47. The minimum atomic E-state index is -2.48. The van der Waals surface area contributed by atoms with Crippen molar-refractivity contribution in [2.45, 2.75) is 44.6 Å². The van der Waals surface area contributed by atoms with E-state index >= 15 is 0 Å². The summed E-state index contributed by atoms with van der Waals surface area (Å²) in [5, 5.41) is 0. The van der Waals surface area contributed by atoms with Crippen LogP contribution < -0.4 is 0 Å². The van der Waals surface area contributed by atoms with Gasteiger partial charge < -0.3 is 4.74 Å².